The summed E-state index contributed by atoms with van der Waals surface area (Å²) in [5, 5.41) is 22.5. The first-order valence-electron chi connectivity index (χ1n) is 5.32. The van der Waals surface area contributed by atoms with Crippen molar-refractivity contribution in [2.45, 2.75) is 6.92 Å². The van der Waals surface area contributed by atoms with E-state index >= 15 is 0 Å². The van der Waals surface area contributed by atoms with Gasteiger partial charge in [-0.2, -0.15) is 0 Å². The topological polar surface area (TPSA) is 62.0 Å². The second-order valence-electron chi connectivity index (χ2n) is 3.72. The summed E-state index contributed by atoms with van der Waals surface area (Å²) < 4.78 is 5.04. The molecule has 0 bridgehead atoms. The van der Waals surface area contributed by atoms with Crippen molar-refractivity contribution in [3.63, 3.8) is 0 Å². The number of para-hydroxylation sites is 1. The van der Waals surface area contributed by atoms with E-state index in [1.165, 1.54) is 18.4 Å². The van der Waals surface area contributed by atoms with Gasteiger partial charge in [0.2, 0.25) is 0 Å². The number of nitrogens with zero attached hydrogens (tertiary/aromatic N) is 1. The summed E-state index contributed by atoms with van der Waals surface area (Å²) in [6.45, 7) is 1.97. The number of oxime groups is 1. The molecule has 94 valence electrons. The third kappa shape index (κ3) is 2.17. The Morgan fingerprint density at radius 2 is 2.06 bits per heavy atom. The van der Waals surface area contributed by atoms with Crippen LogP contribution in [0.1, 0.15) is 15.3 Å². The average Bonchev–Trinajstić information content (AvgIpc) is 2.79. The highest BCUT2D eigenvalue weighted by Gasteiger charge is 2.16. The summed E-state index contributed by atoms with van der Waals surface area (Å²) in [5.41, 5.74) is 0.781. The van der Waals surface area contributed by atoms with Crippen LogP contribution in [0.4, 0.5) is 0 Å². The van der Waals surface area contributed by atoms with Crippen LogP contribution in [0.2, 0.25) is 0 Å². The Kier molecular flexibility index (Phi) is 3.53. The van der Waals surface area contributed by atoms with Crippen LogP contribution in [0.25, 0.3) is 0 Å². The Balaban J connectivity index is 2.53. The van der Waals surface area contributed by atoms with Crippen LogP contribution in [0.3, 0.4) is 0 Å². The predicted molar refractivity (Wildman–Crippen MR) is 71.1 cm³/mol. The van der Waals surface area contributed by atoms with Crippen LogP contribution in [0, 0.1) is 6.92 Å². The lowest BCUT2D eigenvalue weighted by Crippen LogP contribution is -2.02. The third-order valence-corrected chi connectivity index (χ3v) is 3.56. The monoisotopic (exact) mass is 263 g/mol. The highest BCUT2D eigenvalue weighted by molar-refractivity contribution is 7.14. The van der Waals surface area contributed by atoms with Gasteiger partial charge in [0, 0.05) is 4.88 Å². The molecule has 4 nitrogen and oxygen atoms in total. The maximum absolute atomic E-state index is 10.0. The van der Waals surface area contributed by atoms with E-state index in [-0.39, 0.29) is 5.75 Å². The molecule has 0 radical (unpaired) electrons. The summed E-state index contributed by atoms with van der Waals surface area (Å²) >= 11 is 1.49. The van der Waals surface area contributed by atoms with Crippen molar-refractivity contribution in [3.8, 4) is 11.5 Å². The number of rotatable bonds is 3. The molecule has 18 heavy (non-hydrogen) atoms. The number of ether oxygens (including phenoxy) is 1. The molecule has 2 rings (SSSR count). The number of hydrogen-bond donors (Lipinski definition) is 2. The van der Waals surface area contributed by atoms with Gasteiger partial charge in [-0.25, -0.2) is 0 Å². The molecule has 1 aromatic heterocycles. The molecule has 0 aliphatic carbocycles. The van der Waals surface area contributed by atoms with Crippen LogP contribution < -0.4 is 4.74 Å². The standard InChI is InChI=1S/C13H13NO3S/c1-8-6-7-11(18-8)12(14-16)9-4-3-5-10(17-2)13(9)15/h3-7,15-16H,1-2H3/b14-12-. The maximum atomic E-state index is 10.0. The van der Waals surface area contributed by atoms with Gasteiger partial charge in [0.25, 0.3) is 0 Å². The van der Waals surface area contributed by atoms with Gasteiger partial charge in [0.05, 0.1) is 17.6 Å². The number of methoxy groups -OCH3 is 1. The van der Waals surface area contributed by atoms with Gasteiger partial charge in [-0.3, -0.25) is 0 Å². The molecular formula is C13H13NO3S. The van der Waals surface area contributed by atoms with Crippen molar-refractivity contribution < 1.29 is 15.1 Å². The van der Waals surface area contributed by atoms with Gasteiger partial charge in [-0.05, 0) is 31.2 Å². The van der Waals surface area contributed by atoms with E-state index in [4.69, 9.17) is 4.74 Å². The van der Waals surface area contributed by atoms with Crippen LogP contribution in [-0.4, -0.2) is 23.1 Å². The first kappa shape index (κ1) is 12.4. The van der Waals surface area contributed by atoms with Crippen molar-refractivity contribution in [2.24, 2.45) is 5.16 Å². The number of benzene rings is 1. The number of hydrogen-bond acceptors (Lipinski definition) is 5. The summed E-state index contributed by atoms with van der Waals surface area (Å²) in [5.74, 6) is 0.320. The van der Waals surface area contributed by atoms with E-state index in [2.05, 4.69) is 5.16 Å². The molecule has 0 saturated carbocycles. The number of thiophene rings is 1. The number of phenolic OH excluding ortho intramolecular Hbond substituents is 1. The Hall–Kier alpha value is -2.01. The lowest BCUT2D eigenvalue weighted by molar-refractivity contribution is 0.319. The minimum atomic E-state index is -0.0288. The van der Waals surface area contributed by atoms with Gasteiger partial charge < -0.3 is 15.1 Å². The largest absolute Gasteiger partial charge is 0.504 e. The molecule has 0 saturated heterocycles. The molecular weight excluding hydrogens is 250 g/mol. The molecule has 0 atom stereocenters. The number of aryl methyl sites for hydroxylation is 1. The highest BCUT2D eigenvalue weighted by Crippen LogP contribution is 2.32. The Morgan fingerprint density at radius 1 is 1.28 bits per heavy atom. The Morgan fingerprint density at radius 3 is 2.61 bits per heavy atom. The zero-order chi connectivity index (χ0) is 13.1. The normalized spacial score (nSPS) is 11.6. The highest BCUT2D eigenvalue weighted by atomic mass is 32.1. The maximum Gasteiger partial charge on any atom is 0.167 e. The molecule has 2 aromatic rings. The molecule has 1 heterocycles. The van der Waals surface area contributed by atoms with E-state index in [9.17, 15) is 10.3 Å². The minimum Gasteiger partial charge on any atom is -0.504 e. The molecule has 0 amide bonds. The number of aromatic hydroxyl groups is 1. The average molecular weight is 263 g/mol. The molecule has 5 heteroatoms. The molecule has 0 aliphatic heterocycles. The fraction of sp³-hybridized carbons (Fsp3) is 0.154. The van der Waals surface area contributed by atoms with E-state index in [0.717, 1.165) is 9.75 Å². The molecule has 0 fully saturated rings. The molecule has 0 aliphatic rings. The summed E-state index contributed by atoms with van der Waals surface area (Å²) in [7, 11) is 1.48. The molecule has 0 spiro atoms. The van der Waals surface area contributed by atoms with Gasteiger partial charge in [0.1, 0.15) is 5.71 Å². The van der Waals surface area contributed by atoms with Crippen molar-refractivity contribution in [1.82, 2.24) is 0 Å². The van der Waals surface area contributed by atoms with Crippen molar-refractivity contribution in [1.29, 1.82) is 0 Å². The van der Waals surface area contributed by atoms with Crippen LogP contribution in [0.5, 0.6) is 11.5 Å². The second-order valence-corrected chi connectivity index (χ2v) is 5.00. The Labute approximate surface area is 109 Å². The predicted octanol–water partition coefficient (Wildman–Crippen LogP) is 3.00. The van der Waals surface area contributed by atoms with Crippen molar-refractivity contribution >= 4 is 17.0 Å². The van der Waals surface area contributed by atoms with Crippen LogP contribution in [0.15, 0.2) is 35.5 Å². The zero-order valence-corrected chi connectivity index (χ0v) is 10.9. The van der Waals surface area contributed by atoms with Gasteiger partial charge in [-0.15, -0.1) is 11.3 Å². The first-order chi connectivity index (χ1) is 8.67. The van der Waals surface area contributed by atoms with Crippen LogP contribution in [-0.2, 0) is 0 Å². The molecule has 2 N–H and O–H groups in total. The quantitative estimate of drug-likeness (QED) is 0.508. The molecule has 1 aromatic carbocycles. The first-order valence-corrected chi connectivity index (χ1v) is 6.14. The smallest absolute Gasteiger partial charge is 0.167 e. The van der Waals surface area contributed by atoms with Gasteiger partial charge >= 0.3 is 0 Å². The third-order valence-electron chi connectivity index (χ3n) is 2.55. The van der Waals surface area contributed by atoms with E-state index in [1.54, 1.807) is 18.2 Å². The second kappa shape index (κ2) is 5.10. The number of phenols is 1. The zero-order valence-electron chi connectivity index (χ0n) is 10.0. The SMILES string of the molecule is COc1cccc(/C(=N/O)c2ccc(C)s2)c1O. The summed E-state index contributed by atoms with van der Waals surface area (Å²) in [6, 6.07) is 8.85. The fourth-order valence-electron chi connectivity index (χ4n) is 1.68. The van der Waals surface area contributed by atoms with Gasteiger partial charge in [0.15, 0.2) is 11.5 Å². The lowest BCUT2D eigenvalue weighted by Gasteiger charge is -2.08. The van der Waals surface area contributed by atoms with Crippen LogP contribution >= 0.6 is 11.3 Å². The fourth-order valence-corrected chi connectivity index (χ4v) is 2.54. The van der Waals surface area contributed by atoms with Gasteiger partial charge in [-0.1, -0.05) is 11.2 Å². The van der Waals surface area contributed by atoms with E-state index in [1.807, 2.05) is 19.1 Å². The summed E-state index contributed by atoms with van der Waals surface area (Å²) in [6.07, 6.45) is 0. The van der Waals surface area contributed by atoms with E-state index in [0.29, 0.717) is 17.0 Å². The Bertz CT molecular complexity index is 590. The molecule has 0 unspecified atom stereocenters. The summed E-state index contributed by atoms with van der Waals surface area (Å²) in [4.78, 5) is 1.90. The minimum absolute atomic E-state index is 0.0288. The lowest BCUT2D eigenvalue weighted by atomic mass is 10.1. The van der Waals surface area contributed by atoms with E-state index < -0.39 is 0 Å². The van der Waals surface area contributed by atoms with Crippen molar-refractivity contribution in [2.75, 3.05) is 7.11 Å². The van der Waals surface area contributed by atoms with Crippen molar-refractivity contribution in [3.05, 3.63) is 45.6 Å².